The minimum absolute atomic E-state index is 0.103. The molecular formula is C13H17N3O3. The Labute approximate surface area is 110 Å². The number of aromatic nitrogens is 2. The quantitative estimate of drug-likeness (QED) is 0.742. The van der Waals surface area contributed by atoms with Crippen molar-refractivity contribution in [2.24, 2.45) is 11.8 Å². The second-order valence-electron chi connectivity index (χ2n) is 5.57. The van der Waals surface area contributed by atoms with E-state index in [1.807, 2.05) is 0 Å². The number of amides is 1. The molecule has 19 heavy (non-hydrogen) atoms. The normalized spacial score (nSPS) is 29.6. The van der Waals surface area contributed by atoms with Crippen molar-refractivity contribution in [1.29, 1.82) is 0 Å². The highest BCUT2D eigenvalue weighted by atomic mass is 16.3. The molecule has 0 bridgehead atoms. The third-order valence-corrected chi connectivity index (χ3v) is 4.17. The highest BCUT2D eigenvalue weighted by molar-refractivity contribution is 5.93. The number of aromatic amines is 1. The number of hydrogen-bond donors (Lipinski definition) is 2. The lowest BCUT2D eigenvalue weighted by Crippen LogP contribution is -2.34. The van der Waals surface area contributed by atoms with E-state index in [9.17, 15) is 14.7 Å². The molecule has 1 saturated carbocycles. The molecule has 2 aliphatic rings. The summed E-state index contributed by atoms with van der Waals surface area (Å²) < 4.78 is 0. The van der Waals surface area contributed by atoms with Crippen LogP contribution in [-0.2, 0) is 0 Å². The van der Waals surface area contributed by atoms with Gasteiger partial charge in [0.15, 0.2) is 0 Å². The van der Waals surface area contributed by atoms with Crippen LogP contribution < -0.4 is 5.56 Å². The number of fused-ring (bicyclic) bond motifs is 1. The van der Waals surface area contributed by atoms with Crippen molar-refractivity contribution >= 4 is 5.91 Å². The maximum Gasteiger partial charge on any atom is 0.263 e. The number of nitrogens with one attached hydrogen (secondary N) is 1. The van der Waals surface area contributed by atoms with Gasteiger partial charge in [0.1, 0.15) is 11.4 Å². The van der Waals surface area contributed by atoms with E-state index in [0.29, 0.717) is 30.7 Å². The van der Waals surface area contributed by atoms with Crippen LogP contribution in [-0.4, -0.2) is 45.1 Å². The van der Waals surface area contributed by atoms with Gasteiger partial charge in [0, 0.05) is 19.3 Å². The van der Waals surface area contributed by atoms with Gasteiger partial charge < -0.3 is 15.0 Å². The van der Waals surface area contributed by atoms with Crippen molar-refractivity contribution in [1.82, 2.24) is 14.9 Å². The number of likely N-dealkylation sites (tertiary alicyclic amines) is 1. The Balaban J connectivity index is 1.77. The third-order valence-electron chi connectivity index (χ3n) is 4.17. The molecular weight excluding hydrogens is 246 g/mol. The van der Waals surface area contributed by atoms with Crippen LogP contribution in [0.25, 0.3) is 0 Å². The minimum atomic E-state index is -0.380. The molecule has 102 valence electrons. The summed E-state index contributed by atoms with van der Waals surface area (Å²) in [5.41, 5.74) is -0.277. The van der Waals surface area contributed by atoms with E-state index in [-0.39, 0.29) is 23.1 Å². The Bertz CT molecular complexity index is 554. The summed E-state index contributed by atoms with van der Waals surface area (Å²) in [4.78, 5) is 32.3. The van der Waals surface area contributed by atoms with E-state index < -0.39 is 0 Å². The molecule has 2 heterocycles. The van der Waals surface area contributed by atoms with E-state index in [2.05, 4.69) is 9.97 Å². The van der Waals surface area contributed by atoms with Crippen LogP contribution in [0.15, 0.2) is 11.0 Å². The van der Waals surface area contributed by atoms with Crippen molar-refractivity contribution in [3.8, 4) is 0 Å². The van der Waals surface area contributed by atoms with Gasteiger partial charge in [-0.3, -0.25) is 9.59 Å². The second-order valence-corrected chi connectivity index (χ2v) is 5.57. The molecule has 1 amide bonds. The third kappa shape index (κ3) is 2.16. The lowest BCUT2D eigenvalue weighted by atomic mass is 10.0. The SMILES string of the molecule is Cc1ncc(C(=O)N2C[C@H]3CC(O)C[C@H]3C2)c(=O)[nH]1. The average molecular weight is 263 g/mol. The number of aliphatic hydroxyl groups excluding tert-OH is 1. The minimum Gasteiger partial charge on any atom is -0.393 e. The van der Waals surface area contributed by atoms with Crippen LogP contribution in [0.3, 0.4) is 0 Å². The lowest BCUT2D eigenvalue weighted by Gasteiger charge is -2.17. The van der Waals surface area contributed by atoms with Gasteiger partial charge in [0.25, 0.3) is 11.5 Å². The van der Waals surface area contributed by atoms with Crippen LogP contribution in [0.5, 0.6) is 0 Å². The van der Waals surface area contributed by atoms with Crippen molar-refractivity contribution in [2.75, 3.05) is 13.1 Å². The monoisotopic (exact) mass is 263 g/mol. The molecule has 1 aromatic heterocycles. The van der Waals surface area contributed by atoms with Gasteiger partial charge in [-0.05, 0) is 31.6 Å². The zero-order valence-corrected chi connectivity index (χ0v) is 10.8. The number of carbonyl (C=O) groups is 1. The maximum absolute atomic E-state index is 12.3. The molecule has 0 spiro atoms. The highest BCUT2D eigenvalue weighted by Gasteiger charge is 2.42. The van der Waals surface area contributed by atoms with E-state index in [1.54, 1.807) is 11.8 Å². The van der Waals surface area contributed by atoms with Crippen LogP contribution in [0.1, 0.15) is 29.0 Å². The number of hydrogen-bond acceptors (Lipinski definition) is 4. The van der Waals surface area contributed by atoms with Crippen molar-refractivity contribution in [3.05, 3.63) is 27.9 Å². The molecule has 1 unspecified atom stereocenters. The first-order chi connectivity index (χ1) is 9.04. The molecule has 1 saturated heterocycles. The molecule has 0 radical (unpaired) electrons. The number of rotatable bonds is 1. The fourth-order valence-electron chi connectivity index (χ4n) is 3.24. The highest BCUT2D eigenvalue weighted by Crippen LogP contribution is 2.38. The second kappa shape index (κ2) is 4.45. The molecule has 1 aliphatic carbocycles. The summed E-state index contributed by atoms with van der Waals surface area (Å²) in [7, 11) is 0. The Morgan fingerprint density at radius 1 is 1.42 bits per heavy atom. The Kier molecular flexibility index (Phi) is 2.89. The average Bonchev–Trinajstić information content (AvgIpc) is 2.85. The van der Waals surface area contributed by atoms with Gasteiger partial charge >= 0.3 is 0 Å². The van der Waals surface area contributed by atoms with Gasteiger partial charge in [-0.1, -0.05) is 0 Å². The maximum atomic E-state index is 12.3. The smallest absolute Gasteiger partial charge is 0.263 e. The van der Waals surface area contributed by atoms with Crippen molar-refractivity contribution in [2.45, 2.75) is 25.9 Å². The van der Waals surface area contributed by atoms with Gasteiger partial charge in [0.05, 0.1) is 6.10 Å². The molecule has 2 fully saturated rings. The molecule has 1 aliphatic heterocycles. The summed E-state index contributed by atoms with van der Waals surface area (Å²) in [6.07, 6.45) is 2.64. The Morgan fingerprint density at radius 2 is 2.05 bits per heavy atom. The number of H-pyrrole nitrogens is 1. The number of aryl methyl sites for hydroxylation is 1. The Hall–Kier alpha value is -1.69. The van der Waals surface area contributed by atoms with E-state index in [1.165, 1.54) is 6.20 Å². The summed E-state index contributed by atoms with van der Waals surface area (Å²) in [6, 6.07) is 0. The Morgan fingerprint density at radius 3 is 2.63 bits per heavy atom. The fourth-order valence-corrected chi connectivity index (χ4v) is 3.24. The largest absolute Gasteiger partial charge is 0.393 e. The topological polar surface area (TPSA) is 86.3 Å². The first kappa shape index (κ1) is 12.3. The summed E-state index contributed by atoms with van der Waals surface area (Å²) in [5, 5.41) is 9.58. The summed E-state index contributed by atoms with van der Waals surface area (Å²) >= 11 is 0. The summed E-state index contributed by atoms with van der Waals surface area (Å²) in [6.45, 7) is 2.94. The predicted octanol–water partition coefficient (Wildman–Crippen LogP) is -0.0788. The van der Waals surface area contributed by atoms with E-state index in [0.717, 1.165) is 12.8 Å². The van der Waals surface area contributed by atoms with Crippen LogP contribution in [0.2, 0.25) is 0 Å². The standard InChI is InChI=1S/C13H17N3O3/c1-7-14-4-11(12(18)15-7)13(19)16-5-8-2-10(17)3-9(8)6-16/h4,8-10,17H,2-3,5-6H2,1H3,(H,14,15,18)/t8-,9+,10?. The molecule has 2 N–H and O–H groups in total. The van der Waals surface area contributed by atoms with Crippen LogP contribution in [0, 0.1) is 18.8 Å². The number of nitrogens with zero attached hydrogens (tertiary/aromatic N) is 2. The first-order valence-corrected chi connectivity index (χ1v) is 6.58. The van der Waals surface area contributed by atoms with Gasteiger partial charge in [-0.15, -0.1) is 0 Å². The number of aliphatic hydroxyl groups is 1. The molecule has 6 heteroatoms. The van der Waals surface area contributed by atoms with Gasteiger partial charge in [-0.25, -0.2) is 4.98 Å². The fraction of sp³-hybridized carbons (Fsp3) is 0.615. The molecule has 3 rings (SSSR count). The lowest BCUT2D eigenvalue weighted by molar-refractivity contribution is 0.0763. The van der Waals surface area contributed by atoms with Crippen molar-refractivity contribution in [3.63, 3.8) is 0 Å². The molecule has 3 atom stereocenters. The zero-order valence-electron chi connectivity index (χ0n) is 10.8. The molecule has 6 nitrogen and oxygen atoms in total. The van der Waals surface area contributed by atoms with Crippen LogP contribution in [0.4, 0.5) is 0 Å². The molecule has 0 aromatic carbocycles. The van der Waals surface area contributed by atoms with Gasteiger partial charge in [0.2, 0.25) is 0 Å². The van der Waals surface area contributed by atoms with E-state index >= 15 is 0 Å². The van der Waals surface area contributed by atoms with E-state index in [4.69, 9.17) is 0 Å². The number of carbonyl (C=O) groups excluding carboxylic acids is 1. The van der Waals surface area contributed by atoms with Crippen molar-refractivity contribution < 1.29 is 9.90 Å². The predicted molar refractivity (Wildman–Crippen MR) is 67.7 cm³/mol. The molecule has 1 aromatic rings. The van der Waals surface area contributed by atoms with Crippen LogP contribution >= 0.6 is 0 Å². The van der Waals surface area contributed by atoms with Gasteiger partial charge in [-0.2, -0.15) is 0 Å². The summed E-state index contributed by atoms with van der Waals surface area (Å²) in [5.74, 6) is 0.994. The first-order valence-electron chi connectivity index (χ1n) is 6.58. The zero-order chi connectivity index (χ0) is 13.6.